The maximum atomic E-state index is 13.8. The van der Waals surface area contributed by atoms with Gasteiger partial charge in [-0.05, 0) is 68.1 Å². The highest BCUT2D eigenvalue weighted by Crippen LogP contribution is 2.33. The maximum Gasteiger partial charge on any atom is 0.260 e. The van der Waals surface area contributed by atoms with Gasteiger partial charge in [0.25, 0.3) is 5.91 Å². The quantitative estimate of drug-likeness (QED) is 0.346. The molecule has 10 heteroatoms. The summed E-state index contributed by atoms with van der Waals surface area (Å²) in [5.74, 6) is 0.506. The monoisotopic (exact) mass is 557 g/mol. The average molecular weight is 558 g/mol. The summed E-state index contributed by atoms with van der Waals surface area (Å²) < 4.78 is 40.7. The Hall–Kier alpha value is -2.53. The van der Waals surface area contributed by atoms with Gasteiger partial charge in [-0.2, -0.15) is 4.31 Å². The summed E-state index contributed by atoms with van der Waals surface area (Å²) in [4.78, 5) is 20.4. The number of hydrogen-bond donors (Lipinski definition) is 0. The van der Waals surface area contributed by atoms with Crippen molar-refractivity contribution in [2.24, 2.45) is 0 Å². The van der Waals surface area contributed by atoms with E-state index >= 15 is 0 Å². The van der Waals surface area contributed by atoms with Crippen LogP contribution in [0.15, 0.2) is 47.4 Å². The third-order valence-electron chi connectivity index (χ3n) is 7.47. The van der Waals surface area contributed by atoms with Gasteiger partial charge in [-0.25, -0.2) is 13.4 Å². The van der Waals surface area contributed by atoms with Crippen molar-refractivity contribution in [1.29, 1.82) is 0 Å². The normalized spacial score (nSPS) is 18.8. The summed E-state index contributed by atoms with van der Waals surface area (Å²) in [6.07, 6.45) is 6.86. The number of hydrogen-bond acceptors (Lipinski definition) is 7. The minimum absolute atomic E-state index is 0.0413. The fraction of sp³-hybridized carbons (Fsp3) is 0.500. The Morgan fingerprint density at radius 1 is 1.08 bits per heavy atom. The molecular weight excluding hydrogens is 522 g/mol. The summed E-state index contributed by atoms with van der Waals surface area (Å²) in [5, 5.41) is 0.583. The minimum atomic E-state index is -3.64. The first-order valence-corrected chi connectivity index (χ1v) is 15.7. The van der Waals surface area contributed by atoms with Crippen LogP contribution in [-0.2, 0) is 14.8 Å². The Labute approximate surface area is 228 Å². The largest absolute Gasteiger partial charge is 0.497 e. The van der Waals surface area contributed by atoms with Crippen molar-refractivity contribution in [3.8, 4) is 5.75 Å². The summed E-state index contributed by atoms with van der Waals surface area (Å²) in [6.45, 7) is 3.40. The van der Waals surface area contributed by atoms with E-state index in [0.29, 0.717) is 30.4 Å². The number of fused-ring (bicyclic) bond motifs is 1. The zero-order valence-corrected chi connectivity index (χ0v) is 23.6. The van der Waals surface area contributed by atoms with Crippen molar-refractivity contribution in [1.82, 2.24) is 9.29 Å². The molecule has 3 aromatic rings. The molecule has 2 aromatic carbocycles. The van der Waals surface area contributed by atoms with Crippen LogP contribution in [0.3, 0.4) is 0 Å². The van der Waals surface area contributed by atoms with E-state index < -0.39 is 10.0 Å². The number of carbonyl (C=O) groups is 1. The molecular formula is C28H35N3O5S2. The predicted octanol–water partition coefficient (Wildman–Crippen LogP) is 5.47. The van der Waals surface area contributed by atoms with E-state index in [1.165, 1.54) is 11.3 Å². The molecule has 8 nitrogen and oxygen atoms in total. The first-order valence-electron chi connectivity index (χ1n) is 13.4. The topological polar surface area (TPSA) is 89.0 Å². The summed E-state index contributed by atoms with van der Waals surface area (Å²) in [6, 6.07) is 12.0. The summed E-state index contributed by atoms with van der Waals surface area (Å²) in [7, 11) is -2.02. The standard InChI is InChI=1S/C28H35N3O5S2/c1-3-31(21-8-5-4-6-9-21)38(33,34)24-14-11-20(12-15-24)27(32)30(19-23-10-7-17-36-23)28-29-25-16-13-22(35-2)18-26(25)37-28/h11-16,18,21,23H,3-10,17,19H2,1-2H3. The number of carbonyl (C=O) groups excluding carboxylic acids is 1. The third kappa shape index (κ3) is 5.59. The van der Waals surface area contributed by atoms with Gasteiger partial charge in [0.15, 0.2) is 5.13 Å². The highest BCUT2D eigenvalue weighted by molar-refractivity contribution is 7.89. The first-order chi connectivity index (χ1) is 18.4. The van der Waals surface area contributed by atoms with E-state index in [1.807, 2.05) is 25.1 Å². The Kier molecular flexibility index (Phi) is 8.32. The second kappa shape index (κ2) is 11.7. The van der Waals surface area contributed by atoms with Crippen LogP contribution in [0.2, 0.25) is 0 Å². The van der Waals surface area contributed by atoms with Gasteiger partial charge >= 0.3 is 0 Å². The van der Waals surface area contributed by atoms with E-state index in [2.05, 4.69) is 0 Å². The van der Waals surface area contributed by atoms with Crippen LogP contribution in [-0.4, -0.2) is 62.6 Å². The maximum absolute atomic E-state index is 13.8. The van der Waals surface area contributed by atoms with Gasteiger partial charge in [-0.3, -0.25) is 9.69 Å². The Bertz CT molecular complexity index is 1360. The fourth-order valence-corrected chi connectivity index (χ4v) is 8.12. The summed E-state index contributed by atoms with van der Waals surface area (Å²) >= 11 is 1.43. The van der Waals surface area contributed by atoms with Gasteiger partial charge < -0.3 is 9.47 Å². The van der Waals surface area contributed by atoms with Gasteiger partial charge in [-0.15, -0.1) is 0 Å². The smallest absolute Gasteiger partial charge is 0.260 e. The van der Waals surface area contributed by atoms with Crippen molar-refractivity contribution in [2.75, 3.05) is 31.7 Å². The molecule has 1 atom stereocenters. The van der Waals surface area contributed by atoms with Gasteiger partial charge in [0, 0.05) is 24.8 Å². The number of nitrogens with zero attached hydrogens (tertiary/aromatic N) is 3. The van der Waals surface area contributed by atoms with Gasteiger partial charge in [0.05, 0.1) is 34.9 Å². The first kappa shape index (κ1) is 27.1. The lowest BCUT2D eigenvalue weighted by Gasteiger charge is -2.32. The number of methoxy groups -OCH3 is 1. The molecule has 38 heavy (non-hydrogen) atoms. The molecule has 1 saturated carbocycles. The molecule has 2 aliphatic rings. The van der Waals surface area contributed by atoms with Gasteiger partial charge in [0.2, 0.25) is 10.0 Å². The minimum Gasteiger partial charge on any atom is -0.497 e. The number of amides is 1. The lowest BCUT2D eigenvalue weighted by atomic mass is 9.95. The lowest BCUT2D eigenvalue weighted by molar-refractivity contribution is 0.0917. The lowest BCUT2D eigenvalue weighted by Crippen LogP contribution is -2.41. The number of aromatic nitrogens is 1. The molecule has 1 aliphatic carbocycles. The molecule has 1 amide bonds. The number of sulfonamides is 1. The van der Waals surface area contributed by atoms with E-state index in [9.17, 15) is 13.2 Å². The second-order valence-corrected chi connectivity index (χ2v) is 12.8. The Morgan fingerprint density at radius 3 is 2.50 bits per heavy atom. The number of rotatable bonds is 9. The molecule has 0 bridgehead atoms. The molecule has 2 fully saturated rings. The third-order valence-corrected chi connectivity index (χ3v) is 10.6. The molecule has 0 N–H and O–H groups in total. The van der Waals surface area contributed by atoms with E-state index in [1.54, 1.807) is 40.6 Å². The average Bonchev–Trinajstić information content (AvgIpc) is 3.61. The van der Waals surface area contributed by atoms with Crippen LogP contribution < -0.4 is 9.64 Å². The van der Waals surface area contributed by atoms with Crippen LogP contribution in [0, 0.1) is 0 Å². The van der Waals surface area contributed by atoms with Crippen LogP contribution in [0.1, 0.15) is 62.2 Å². The predicted molar refractivity (Wildman–Crippen MR) is 150 cm³/mol. The molecule has 0 spiro atoms. The molecule has 0 radical (unpaired) electrons. The number of benzene rings is 2. The van der Waals surface area contributed by atoms with Crippen molar-refractivity contribution in [3.63, 3.8) is 0 Å². The van der Waals surface area contributed by atoms with Crippen LogP contribution in [0.25, 0.3) is 10.2 Å². The number of thiazole rings is 1. The second-order valence-electron chi connectivity index (χ2n) is 9.91. The van der Waals surface area contributed by atoms with E-state index in [4.69, 9.17) is 14.5 Å². The highest BCUT2D eigenvalue weighted by atomic mass is 32.2. The Balaban J connectivity index is 1.42. The molecule has 1 aromatic heterocycles. The fourth-order valence-electron chi connectivity index (χ4n) is 5.43. The zero-order chi connectivity index (χ0) is 26.7. The Morgan fingerprint density at radius 2 is 1.84 bits per heavy atom. The molecule has 1 aliphatic heterocycles. The molecule has 1 saturated heterocycles. The highest BCUT2D eigenvalue weighted by Gasteiger charge is 2.32. The SMILES string of the molecule is CCN(C1CCCCC1)S(=O)(=O)c1ccc(C(=O)N(CC2CCCO2)c2nc3ccc(OC)cc3s2)cc1. The molecule has 5 rings (SSSR count). The van der Waals surface area contributed by atoms with E-state index in [-0.39, 0.29) is 22.9 Å². The van der Waals surface area contributed by atoms with Crippen LogP contribution in [0.5, 0.6) is 5.75 Å². The molecule has 1 unspecified atom stereocenters. The van der Waals surface area contributed by atoms with Crippen molar-refractivity contribution >= 4 is 42.6 Å². The van der Waals surface area contributed by atoms with Gasteiger partial charge in [-0.1, -0.05) is 37.5 Å². The number of ether oxygens (including phenoxy) is 2. The van der Waals surface area contributed by atoms with Crippen LogP contribution in [0.4, 0.5) is 5.13 Å². The van der Waals surface area contributed by atoms with Gasteiger partial charge in [0.1, 0.15) is 5.75 Å². The van der Waals surface area contributed by atoms with Crippen molar-refractivity contribution in [3.05, 3.63) is 48.0 Å². The number of anilines is 1. The molecule has 204 valence electrons. The molecule has 2 heterocycles. The van der Waals surface area contributed by atoms with Crippen molar-refractivity contribution < 1.29 is 22.7 Å². The van der Waals surface area contributed by atoms with Crippen LogP contribution >= 0.6 is 11.3 Å². The zero-order valence-electron chi connectivity index (χ0n) is 22.0. The summed E-state index contributed by atoms with van der Waals surface area (Å²) in [5.41, 5.74) is 1.21. The van der Waals surface area contributed by atoms with Crippen molar-refractivity contribution in [2.45, 2.75) is 68.9 Å². The van der Waals surface area contributed by atoms with E-state index in [0.717, 1.165) is 60.9 Å².